The maximum absolute atomic E-state index is 5.52. The Balaban J connectivity index is 2.32. The summed E-state index contributed by atoms with van der Waals surface area (Å²) >= 11 is 0. The lowest BCUT2D eigenvalue weighted by molar-refractivity contribution is 0.125. The Morgan fingerprint density at radius 3 is 3.08 bits per heavy atom. The van der Waals surface area contributed by atoms with Crippen LogP contribution in [0.3, 0.4) is 0 Å². The highest BCUT2D eigenvalue weighted by Crippen LogP contribution is 2.18. The fourth-order valence-corrected chi connectivity index (χ4v) is 1.82. The molecular formula is C12H16O. The first-order valence-electron chi connectivity index (χ1n) is 5.08. The van der Waals surface area contributed by atoms with Gasteiger partial charge in [-0.25, -0.2) is 0 Å². The zero-order valence-electron chi connectivity index (χ0n) is 8.18. The molecule has 70 valence electrons. The van der Waals surface area contributed by atoms with Gasteiger partial charge in [-0.3, -0.25) is 0 Å². The number of fused-ring (bicyclic) bond motifs is 1. The third-order valence-corrected chi connectivity index (χ3v) is 2.67. The van der Waals surface area contributed by atoms with Gasteiger partial charge in [0.15, 0.2) is 0 Å². The molecule has 0 bridgehead atoms. The van der Waals surface area contributed by atoms with Gasteiger partial charge in [0.2, 0.25) is 0 Å². The topological polar surface area (TPSA) is 9.23 Å². The van der Waals surface area contributed by atoms with E-state index in [9.17, 15) is 0 Å². The van der Waals surface area contributed by atoms with Crippen molar-refractivity contribution in [3.8, 4) is 0 Å². The Bertz CT molecular complexity index is 291. The standard InChI is InChI=1S/C12H16O/c1-2-10-5-6-11-4-3-7-13-9-12(11)8-10/h5-6,8H,2-4,7,9H2,1H3. The van der Waals surface area contributed by atoms with Crippen molar-refractivity contribution in [1.29, 1.82) is 0 Å². The molecule has 0 saturated heterocycles. The minimum atomic E-state index is 0.809. The molecule has 1 aromatic carbocycles. The normalized spacial score (nSPS) is 16.4. The van der Waals surface area contributed by atoms with Crippen molar-refractivity contribution in [2.45, 2.75) is 32.8 Å². The van der Waals surface area contributed by atoms with Crippen molar-refractivity contribution in [2.24, 2.45) is 0 Å². The predicted molar refractivity (Wildman–Crippen MR) is 53.8 cm³/mol. The molecule has 0 N–H and O–H groups in total. The Morgan fingerprint density at radius 2 is 2.23 bits per heavy atom. The fourth-order valence-electron chi connectivity index (χ4n) is 1.82. The molecule has 1 aromatic rings. The fraction of sp³-hybridized carbons (Fsp3) is 0.500. The summed E-state index contributed by atoms with van der Waals surface area (Å²) in [5, 5.41) is 0. The average molecular weight is 176 g/mol. The summed E-state index contributed by atoms with van der Waals surface area (Å²) in [6.07, 6.45) is 3.46. The van der Waals surface area contributed by atoms with Crippen LogP contribution in [0.15, 0.2) is 18.2 Å². The second-order valence-corrected chi connectivity index (χ2v) is 3.61. The minimum Gasteiger partial charge on any atom is -0.377 e. The van der Waals surface area contributed by atoms with Crippen LogP contribution in [-0.4, -0.2) is 6.61 Å². The van der Waals surface area contributed by atoms with Gasteiger partial charge in [0, 0.05) is 6.61 Å². The van der Waals surface area contributed by atoms with Gasteiger partial charge in [0.05, 0.1) is 6.61 Å². The van der Waals surface area contributed by atoms with Crippen molar-refractivity contribution >= 4 is 0 Å². The molecule has 1 nitrogen and oxygen atoms in total. The van der Waals surface area contributed by atoms with Crippen molar-refractivity contribution in [1.82, 2.24) is 0 Å². The molecule has 2 rings (SSSR count). The molecule has 0 aliphatic carbocycles. The van der Waals surface area contributed by atoms with Crippen LogP contribution in [0.1, 0.15) is 30.0 Å². The van der Waals surface area contributed by atoms with E-state index in [1.807, 2.05) is 0 Å². The molecule has 0 atom stereocenters. The number of benzene rings is 1. The van der Waals surface area contributed by atoms with Gasteiger partial charge in [-0.05, 0) is 36.0 Å². The van der Waals surface area contributed by atoms with E-state index < -0.39 is 0 Å². The molecule has 0 spiro atoms. The lowest BCUT2D eigenvalue weighted by atomic mass is 10.0. The summed E-state index contributed by atoms with van der Waals surface area (Å²) in [5.74, 6) is 0. The lowest BCUT2D eigenvalue weighted by Gasteiger charge is -2.06. The van der Waals surface area contributed by atoms with Crippen molar-refractivity contribution in [3.05, 3.63) is 34.9 Å². The smallest absolute Gasteiger partial charge is 0.0719 e. The molecule has 1 heteroatoms. The van der Waals surface area contributed by atoms with E-state index >= 15 is 0 Å². The molecule has 0 radical (unpaired) electrons. The zero-order chi connectivity index (χ0) is 9.10. The second-order valence-electron chi connectivity index (χ2n) is 3.61. The molecule has 1 heterocycles. The van der Waals surface area contributed by atoms with Gasteiger partial charge < -0.3 is 4.74 Å². The van der Waals surface area contributed by atoms with Gasteiger partial charge in [0.1, 0.15) is 0 Å². The Hall–Kier alpha value is -0.820. The van der Waals surface area contributed by atoms with Crippen LogP contribution in [0.5, 0.6) is 0 Å². The number of hydrogen-bond acceptors (Lipinski definition) is 1. The monoisotopic (exact) mass is 176 g/mol. The highest BCUT2D eigenvalue weighted by atomic mass is 16.5. The van der Waals surface area contributed by atoms with Crippen molar-refractivity contribution in [3.63, 3.8) is 0 Å². The van der Waals surface area contributed by atoms with Crippen LogP contribution in [0.2, 0.25) is 0 Å². The van der Waals surface area contributed by atoms with Crippen molar-refractivity contribution in [2.75, 3.05) is 6.61 Å². The van der Waals surface area contributed by atoms with Crippen molar-refractivity contribution < 1.29 is 4.74 Å². The first-order valence-corrected chi connectivity index (χ1v) is 5.08. The summed E-state index contributed by atoms with van der Waals surface area (Å²) in [6, 6.07) is 6.80. The SMILES string of the molecule is CCc1ccc2c(c1)COCCC2. The maximum Gasteiger partial charge on any atom is 0.0719 e. The van der Waals surface area contributed by atoms with Gasteiger partial charge in [0.25, 0.3) is 0 Å². The van der Waals surface area contributed by atoms with E-state index in [1.54, 1.807) is 0 Å². The molecule has 0 saturated carbocycles. The van der Waals surface area contributed by atoms with Gasteiger partial charge >= 0.3 is 0 Å². The summed E-state index contributed by atoms with van der Waals surface area (Å²) < 4.78 is 5.52. The Kier molecular flexibility index (Phi) is 2.65. The largest absolute Gasteiger partial charge is 0.377 e. The highest BCUT2D eigenvalue weighted by Gasteiger charge is 2.07. The van der Waals surface area contributed by atoms with Crippen LogP contribution >= 0.6 is 0 Å². The molecule has 0 unspecified atom stereocenters. The third kappa shape index (κ3) is 1.92. The second kappa shape index (κ2) is 3.93. The van der Waals surface area contributed by atoms with Gasteiger partial charge in [-0.15, -0.1) is 0 Å². The highest BCUT2D eigenvalue weighted by molar-refractivity contribution is 5.32. The van der Waals surface area contributed by atoms with E-state index in [1.165, 1.54) is 29.5 Å². The third-order valence-electron chi connectivity index (χ3n) is 2.67. The first kappa shape index (κ1) is 8.76. The summed E-state index contributed by atoms with van der Waals surface area (Å²) in [4.78, 5) is 0. The summed E-state index contributed by atoms with van der Waals surface area (Å²) in [5.41, 5.74) is 4.30. The van der Waals surface area contributed by atoms with E-state index in [-0.39, 0.29) is 0 Å². The zero-order valence-corrected chi connectivity index (χ0v) is 8.18. The molecular weight excluding hydrogens is 160 g/mol. The number of hydrogen-bond donors (Lipinski definition) is 0. The van der Waals surface area contributed by atoms with Crippen LogP contribution in [0.25, 0.3) is 0 Å². The van der Waals surface area contributed by atoms with Crippen LogP contribution in [0, 0.1) is 0 Å². The Morgan fingerprint density at radius 1 is 1.31 bits per heavy atom. The molecule has 1 aliphatic rings. The molecule has 0 amide bonds. The number of aryl methyl sites for hydroxylation is 2. The van der Waals surface area contributed by atoms with Crippen LogP contribution in [-0.2, 0) is 24.2 Å². The molecule has 0 aromatic heterocycles. The average Bonchev–Trinajstić information content (AvgIpc) is 2.41. The summed E-state index contributed by atoms with van der Waals surface area (Å²) in [7, 11) is 0. The van der Waals surface area contributed by atoms with Crippen LogP contribution in [0.4, 0.5) is 0 Å². The predicted octanol–water partition coefficient (Wildman–Crippen LogP) is 2.71. The van der Waals surface area contributed by atoms with E-state index in [0.29, 0.717) is 0 Å². The summed E-state index contributed by atoms with van der Waals surface area (Å²) in [6.45, 7) is 3.92. The number of ether oxygens (including phenoxy) is 1. The maximum atomic E-state index is 5.52. The van der Waals surface area contributed by atoms with Gasteiger partial charge in [-0.1, -0.05) is 25.1 Å². The van der Waals surface area contributed by atoms with Gasteiger partial charge in [-0.2, -0.15) is 0 Å². The quantitative estimate of drug-likeness (QED) is 0.639. The van der Waals surface area contributed by atoms with E-state index in [4.69, 9.17) is 4.74 Å². The van der Waals surface area contributed by atoms with E-state index in [0.717, 1.165) is 19.6 Å². The lowest BCUT2D eigenvalue weighted by Crippen LogP contribution is -1.93. The number of rotatable bonds is 1. The minimum absolute atomic E-state index is 0.809. The molecule has 0 fully saturated rings. The molecule has 13 heavy (non-hydrogen) atoms. The molecule has 1 aliphatic heterocycles. The van der Waals surface area contributed by atoms with E-state index in [2.05, 4.69) is 25.1 Å². The first-order chi connectivity index (χ1) is 6.40. The Labute approximate surface area is 79.7 Å². The van der Waals surface area contributed by atoms with Crippen LogP contribution < -0.4 is 0 Å².